The van der Waals surface area contributed by atoms with Crippen LogP contribution in [0.2, 0.25) is 0 Å². The Labute approximate surface area is 164 Å². The zero-order valence-electron chi connectivity index (χ0n) is 15.9. The number of ether oxygens (including phenoxy) is 1. The van der Waals surface area contributed by atoms with E-state index < -0.39 is 5.54 Å². The SMILES string of the molecule is Cc1ccc(OCC(=O)N2CCC3(CC2)N=C(c2ccccc2)NC3=O)cc1. The monoisotopic (exact) mass is 377 g/mol. The molecule has 1 fully saturated rings. The van der Waals surface area contributed by atoms with Crippen molar-refractivity contribution in [1.29, 1.82) is 0 Å². The van der Waals surface area contributed by atoms with Gasteiger partial charge in [-0.25, -0.2) is 0 Å². The molecule has 2 amide bonds. The van der Waals surface area contributed by atoms with Gasteiger partial charge >= 0.3 is 0 Å². The molecule has 2 aliphatic rings. The van der Waals surface area contributed by atoms with E-state index in [2.05, 4.69) is 5.32 Å². The molecule has 0 saturated carbocycles. The fourth-order valence-corrected chi connectivity index (χ4v) is 3.59. The van der Waals surface area contributed by atoms with E-state index in [1.165, 1.54) is 0 Å². The van der Waals surface area contributed by atoms with E-state index in [1.807, 2.05) is 61.5 Å². The van der Waals surface area contributed by atoms with Crippen LogP contribution in [0.5, 0.6) is 5.75 Å². The van der Waals surface area contributed by atoms with Gasteiger partial charge in [-0.2, -0.15) is 0 Å². The number of nitrogens with one attached hydrogen (secondary N) is 1. The Morgan fingerprint density at radius 2 is 1.79 bits per heavy atom. The molecule has 2 heterocycles. The lowest BCUT2D eigenvalue weighted by Gasteiger charge is -2.35. The van der Waals surface area contributed by atoms with Gasteiger partial charge in [0.25, 0.3) is 11.8 Å². The first-order valence-electron chi connectivity index (χ1n) is 9.50. The first-order valence-corrected chi connectivity index (χ1v) is 9.50. The van der Waals surface area contributed by atoms with Gasteiger partial charge in [0.15, 0.2) is 6.61 Å². The van der Waals surface area contributed by atoms with Crippen molar-refractivity contribution >= 4 is 17.6 Å². The molecule has 1 spiro atoms. The van der Waals surface area contributed by atoms with Crippen LogP contribution < -0.4 is 10.1 Å². The molecule has 6 nitrogen and oxygen atoms in total. The maximum atomic E-state index is 12.6. The average Bonchev–Trinajstić information content (AvgIpc) is 3.04. The minimum atomic E-state index is -0.764. The Kier molecular flexibility index (Phi) is 4.86. The highest BCUT2D eigenvalue weighted by atomic mass is 16.5. The minimum absolute atomic E-state index is 0.000784. The van der Waals surface area contributed by atoms with Crippen molar-refractivity contribution in [3.63, 3.8) is 0 Å². The molecule has 2 aromatic rings. The number of likely N-dealkylation sites (tertiary alicyclic amines) is 1. The van der Waals surface area contributed by atoms with Crippen molar-refractivity contribution in [2.45, 2.75) is 25.3 Å². The van der Waals surface area contributed by atoms with Gasteiger partial charge in [0.2, 0.25) is 0 Å². The summed E-state index contributed by atoms with van der Waals surface area (Å²) in [5.41, 5.74) is 1.28. The Bertz CT molecular complexity index is 898. The van der Waals surface area contributed by atoms with Crippen LogP contribution in [0.1, 0.15) is 24.0 Å². The van der Waals surface area contributed by atoms with Crippen molar-refractivity contribution in [3.8, 4) is 5.75 Å². The van der Waals surface area contributed by atoms with Gasteiger partial charge in [0.1, 0.15) is 17.1 Å². The lowest BCUT2D eigenvalue weighted by atomic mass is 9.88. The van der Waals surface area contributed by atoms with Crippen LogP contribution in [0.25, 0.3) is 0 Å². The van der Waals surface area contributed by atoms with Gasteiger partial charge in [-0.15, -0.1) is 0 Å². The molecular weight excluding hydrogens is 354 g/mol. The quantitative estimate of drug-likeness (QED) is 0.889. The number of aliphatic imine (C=N–C) groups is 1. The van der Waals surface area contributed by atoms with Crippen LogP contribution in [-0.4, -0.2) is 47.8 Å². The molecular formula is C22H23N3O3. The van der Waals surface area contributed by atoms with Crippen LogP contribution in [0.15, 0.2) is 59.6 Å². The Balaban J connectivity index is 1.36. The fourth-order valence-electron chi connectivity index (χ4n) is 3.59. The number of amidine groups is 1. The smallest absolute Gasteiger partial charge is 0.260 e. The van der Waals surface area contributed by atoms with E-state index >= 15 is 0 Å². The summed E-state index contributed by atoms with van der Waals surface area (Å²) >= 11 is 0. The number of carbonyl (C=O) groups is 2. The van der Waals surface area contributed by atoms with E-state index in [4.69, 9.17) is 9.73 Å². The molecule has 0 aromatic heterocycles. The second-order valence-corrected chi connectivity index (χ2v) is 7.29. The van der Waals surface area contributed by atoms with E-state index in [-0.39, 0.29) is 18.4 Å². The number of nitrogens with zero attached hydrogens (tertiary/aromatic N) is 2. The standard InChI is InChI=1S/C22H23N3O3/c1-16-7-9-18(10-8-16)28-15-19(26)25-13-11-22(12-14-25)21(27)23-20(24-22)17-5-3-2-4-6-17/h2-10H,11-15H2,1H3,(H,23,24,27). The molecule has 0 aliphatic carbocycles. The number of rotatable bonds is 4. The van der Waals surface area contributed by atoms with Crippen molar-refractivity contribution < 1.29 is 14.3 Å². The van der Waals surface area contributed by atoms with Crippen molar-refractivity contribution in [2.24, 2.45) is 4.99 Å². The van der Waals surface area contributed by atoms with Crippen molar-refractivity contribution in [1.82, 2.24) is 10.2 Å². The number of hydrogen-bond donors (Lipinski definition) is 1. The summed E-state index contributed by atoms with van der Waals surface area (Å²) in [6.07, 6.45) is 1.04. The number of piperidine rings is 1. The highest BCUT2D eigenvalue weighted by Crippen LogP contribution is 2.31. The lowest BCUT2D eigenvalue weighted by molar-refractivity contribution is -0.137. The predicted molar refractivity (Wildman–Crippen MR) is 106 cm³/mol. The van der Waals surface area contributed by atoms with Gasteiger partial charge < -0.3 is 15.0 Å². The molecule has 0 atom stereocenters. The third-order valence-electron chi connectivity index (χ3n) is 5.35. The number of hydrogen-bond acceptors (Lipinski definition) is 4. The number of benzene rings is 2. The first kappa shape index (κ1) is 18.2. The molecule has 2 aromatic carbocycles. The summed E-state index contributed by atoms with van der Waals surface area (Å²) in [7, 11) is 0. The van der Waals surface area contributed by atoms with E-state index in [0.717, 1.165) is 11.1 Å². The topological polar surface area (TPSA) is 71.0 Å². The minimum Gasteiger partial charge on any atom is -0.484 e. The Morgan fingerprint density at radius 1 is 1.11 bits per heavy atom. The van der Waals surface area contributed by atoms with E-state index in [1.54, 1.807) is 4.90 Å². The first-order chi connectivity index (χ1) is 13.6. The molecule has 0 radical (unpaired) electrons. The van der Waals surface area contributed by atoms with Crippen LogP contribution in [-0.2, 0) is 9.59 Å². The lowest BCUT2D eigenvalue weighted by Crippen LogP contribution is -2.51. The molecule has 2 aliphatic heterocycles. The zero-order chi connectivity index (χ0) is 19.6. The third kappa shape index (κ3) is 3.63. The summed E-state index contributed by atoms with van der Waals surface area (Å²) in [5.74, 6) is 1.16. The summed E-state index contributed by atoms with van der Waals surface area (Å²) in [6, 6.07) is 17.2. The zero-order valence-corrected chi connectivity index (χ0v) is 15.9. The number of amides is 2. The summed E-state index contributed by atoms with van der Waals surface area (Å²) in [5, 5.41) is 2.91. The maximum Gasteiger partial charge on any atom is 0.260 e. The van der Waals surface area contributed by atoms with Crippen LogP contribution in [0.3, 0.4) is 0 Å². The van der Waals surface area contributed by atoms with Gasteiger partial charge in [0, 0.05) is 18.7 Å². The van der Waals surface area contributed by atoms with Crippen molar-refractivity contribution in [3.05, 3.63) is 65.7 Å². The molecule has 0 bridgehead atoms. The van der Waals surface area contributed by atoms with E-state index in [9.17, 15) is 9.59 Å². The summed E-state index contributed by atoms with van der Waals surface area (Å²) < 4.78 is 5.59. The average molecular weight is 377 g/mol. The Hall–Kier alpha value is -3.15. The predicted octanol–water partition coefficient (Wildman–Crippen LogP) is 2.31. The number of carbonyl (C=O) groups excluding carboxylic acids is 2. The molecule has 28 heavy (non-hydrogen) atoms. The molecule has 0 unspecified atom stereocenters. The second-order valence-electron chi connectivity index (χ2n) is 7.29. The second kappa shape index (κ2) is 7.46. The summed E-state index contributed by atoms with van der Waals surface area (Å²) in [6.45, 7) is 2.99. The van der Waals surface area contributed by atoms with Gasteiger partial charge in [-0.05, 0) is 31.9 Å². The number of aryl methyl sites for hydroxylation is 1. The van der Waals surface area contributed by atoms with Crippen LogP contribution in [0, 0.1) is 6.92 Å². The Morgan fingerprint density at radius 3 is 2.46 bits per heavy atom. The molecule has 144 valence electrons. The molecule has 4 rings (SSSR count). The van der Waals surface area contributed by atoms with Gasteiger partial charge in [-0.1, -0.05) is 48.0 Å². The highest BCUT2D eigenvalue weighted by Gasteiger charge is 2.46. The van der Waals surface area contributed by atoms with Crippen LogP contribution >= 0.6 is 0 Å². The van der Waals surface area contributed by atoms with Gasteiger partial charge in [-0.3, -0.25) is 14.6 Å². The van der Waals surface area contributed by atoms with Gasteiger partial charge in [0.05, 0.1) is 0 Å². The van der Waals surface area contributed by atoms with E-state index in [0.29, 0.717) is 37.5 Å². The normalized spacial score (nSPS) is 18.0. The molecule has 1 N–H and O–H groups in total. The van der Waals surface area contributed by atoms with Crippen molar-refractivity contribution in [2.75, 3.05) is 19.7 Å². The molecule has 6 heteroatoms. The maximum absolute atomic E-state index is 12.6. The van der Waals surface area contributed by atoms with Crippen LogP contribution in [0.4, 0.5) is 0 Å². The third-order valence-corrected chi connectivity index (χ3v) is 5.35. The highest BCUT2D eigenvalue weighted by molar-refractivity contribution is 6.15. The fraction of sp³-hybridized carbons (Fsp3) is 0.318. The molecule has 1 saturated heterocycles. The largest absolute Gasteiger partial charge is 0.484 e. The summed E-state index contributed by atoms with van der Waals surface area (Å²) in [4.78, 5) is 31.5.